The first-order valence-electron chi connectivity index (χ1n) is 6.95. The van der Waals surface area contributed by atoms with Crippen molar-refractivity contribution in [1.29, 1.82) is 0 Å². The minimum absolute atomic E-state index is 0.0443. The maximum absolute atomic E-state index is 12.7. The lowest BCUT2D eigenvalue weighted by Gasteiger charge is -2.40. The number of amides is 2. The second-order valence-electron chi connectivity index (χ2n) is 5.89. The van der Waals surface area contributed by atoms with Gasteiger partial charge in [0, 0.05) is 22.2 Å². The number of hydrogen-bond acceptors (Lipinski definition) is 2. The van der Waals surface area contributed by atoms with Gasteiger partial charge < -0.3 is 10.2 Å². The van der Waals surface area contributed by atoms with E-state index in [2.05, 4.69) is 5.32 Å². The van der Waals surface area contributed by atoms with E-state index in [0.717, 1.165) is 12.8 Å². The van der Waals surface area contributed by atoms with Crippen LogP contribution in [-0.4, -0.2) is 28.8 Å². The van der Waals surface area contributed by atoms with E-state index in [4.69, 9.17) is 23.2 Å². The van der Waals surface area contributed by atoms with Crippen LogP contribution in [-0.2, 0) is 16.1 Å². The smallest absolute Gasteiger partial charge is 0.249 e. The lowest BCUT2D eigenvalue weighted by atomic mass is 9.91. The van der Waals surface area contributed by atoms with Crippen LogP contribution in [0.15, 0.2) is 18.2 Å². The number of carbonyl (C=O) groups is 2. The van der Waals surface area contributed by atoms with Gasteiger partial charge in [0.05, 0.1) is 6.54 Å². The third-order valence-electron chi connectivity index (χ3n) is 4.27. The molecule has 0 bridgehead atoms. The second-order valence-corrected chi connectivity index (χ2v) is 6.70. The highest BCUT2D eigenvalue weighted by Gasteiger charge is 2.52. The number of carbonyl (C=O) groups excluding carboxylic acids is 2. The molecule has 0 aromatic heterocycles. The monoisotopic (exact) mass is 326 g/mol. The summed E-state index contributed by atoms with van der Waals surface area (Å²) in [6.45, 7) is 2.11. The van der Waals surface area contributed by atoms with E-state index in [0.29, 0.717) is 15.6 Å². The fourth-order valence-corrected chi connectivity index (χ4v) is 3.41. The molecule has 0 radical (unpaired) electrons. The number of nitrogens with zero attached hydrogens (tertiary/aromatic N) is 1. The zero-order chi connectivity index (χ0) is 15.2. The first-order valence-corrected chi connectivity index (χ1v) is 7.70. The molecule has 1 unspecified atom stereocenters. The maximum atomic E-state index is 12.7. The van der Waals surface area contributed by atoms with Crippen molar-refractivity contribution in [2.75, 3.05) is 6.54 Å². The standard InChI is InChI=1S/C15H16Cl2N2O2/c1-15(9-5-6-9)14(21)19(8-13(20)18-15)7-10-11(16)3-2-4-12(10)17/h2-4,9H,5-8H2,1H3,(H,18,20). The van der Waals surface area contributed by atoms with Gasteiger partial charge in [-0.1, -0.05) is 29.3 Å². The molecule has 1 aliphatic heterocycles. The molecular weight excluding hydrogens is 311 g/mol. The lowest BCUT2D eigenvalue weighted by Crippen LogP contribution is -2.66. The molecule has 3 rings (SSSR count). The van der Waals surface area contributed by atoms with Crippen molar-refractivity contribution < 1.29 is 9.59 Å². The average Bonchev–Trinajstić information content (AvgIpc) is 3.24. The van der Waals surface area contributed by atoms with Gasteiger partial charge in [-0.2, -0.15) is 0 Å². The van der Waals surface area contributed by atoms with Gasteiger partial charge in [0.2, 0.25) is 11.8 Å². The number of piperazine rings is 1. The van der Waals surface area contributed by atoms with Crippen LogP contribution >= 0.6 is 23.2 Å². The molecule has 6 heteroatoms. The summed E-state index contributed by atoms with van der Waals surface area (Å²) in [6.07, 6.45) is 1.95. The summed E-state index contributed by atoms with van der Waals surface area (Å²) in [5, 5.41) is 3.87. The fraction of sp³-hybridized carbons (Fsp3) is 0.467. The van der Waals surface area contributed by atoms with Crippen molar-refractivity contribution in [2.24, 2.45) is 5.92 Å². The molecular formula is C15H16Cl2N2O2. The van der Waals surface area contributed by atoms with Gasteiger partial charge >= 0.3 is 0 Å². The van der Waals surface area contributed by atoms with Crippen LogP contribution in [0, 0.1) is 5.92 Å². The third-order valence-corrected chi connectivity index (χ3v) is 4.98. The minimum Gasteiger partial charge on any atom is -0.340 e. The molecule has 1 saturated heterocycles. The summed E-state index contributed by atoms with van der Waals surface area (Å²) >= 11 is 12.3. The van der Waals surface area contributed by atoms with Gasteiger partial charge in [0.15, 0.2) is 0 Å². The van der Waals surface area contributed by atoms with E-state index in [-0.39, 0.29) is 30.8 Å². The van der Waals surface area contributed by atoms with E-state index in [1.54, 1.807) is 23.1 Å². The molecule has 1 heterocycles. The zero-order valence-electron chi connectivity index (χ0n) is 11.7. The Kier molecular flexibility index (Phi) is 3.62. The topological polar surface area (TPSA) is 49.4 Å². The Hall–Kier alpha value is -1.26. The second kappa shape index (κ2) is 5.18. The molecule has 1 saturated carbocycles. The molecule has 112 valence electrons. The summed E-state index contributed by atoms with van der Waals surface area (Å²) in [7, 11) is 0. The molecule has 21 heavy (non-hydrogen) atoms. The van der Waals surface area contributed by atoms with Crippen LogP contribution in [0.25, 0.3) is 0 Å². The molecule has 1 atom stereocenters. The largest absolute Gasteiger partial charge is 0.340 e. The number of rotatable bonds is 3. The molecule has 2 fully saturated rings. The normalized spacial score (nSPS) is 26.0. The Morgan fingerprint density at radius 1 is 1.29 bits per heavy atom. The van der Waals surface area contributed by atoms with Crippen LogP contribution < -0.4 is 5.32 Å². The lowest BCUT2D eigenvalue weighted by molar-refractivity contribution is -0.150. The number of benzene rings is 1. The van der Waals surface area contributed by atoms with E-state index < -0.39 is 5.54 Å². The Morgan fingerprint density at radius 3 is 2.48 bits per heavy atom. The molecule has 2 aliphatic rings. The first kappa shape index (κ1) is 14.7. The van der Waals surface area contributed by atoms with Crippen molar-refractivity contribution in [3.05, 3.63) is 33.8 Å². The SMILES string of the molecule is CC1(C2CC2)NC(=O)CN(Cc2c(Cl)cccc2Cl)C1=O. The fourth-order valence-electron chi connectivity index (χ4n) is 2.90. The van der Waals surface area contributed by atoms with Gasteiger partial charge in [-0.25, -0.2) is 0 Å². The van der Waals surface area contributed by atoms with Gasteiger partial charge in [-0.15, -0.1) is 0 Å². The van der Waals surface area contributed by atoms with Gasteiger partial charge in [-0.05, 0) is 37.8 Å². The van der Waals surface area contributed by atoms with E-state index in [9.17, 15) is 9.59 Å². The van der Waals surface area contributed by atoms with Crippen LogP contribution in [0.3, 0.4) is 0 Å². The predicted octanol–water partition coefficient (Wildman–Crippen LogP) is 2.62. The van der Waals surface area contributed by atoms with Gasteiger partial charge in [0.25, 0.3) is 0 Å². The molecule has 1 aliphatic carbocycles. The van der Waals surface area contributed by atoms with E-state index in [1.807, 2.05) is 6.92 Å². The quantitative estimate of drug-likeness (QED) is 0.928. The van der Waals surface area contributed by atoms with Crippen molar-refractivity contribution in [1.82, 2.24) is 10.2 Å². The highest BCUT2D eigenvalue weighted by molar-refractivity contribution is 6.36. The summed E-state index contributed by atoms with van der Waals surface area (Å²) < 4.78 is 0. The molecule has 4 nitrogen and oxygen atoms in total. The first-order chi connectivity index (χ1) is 9.91. The third kappa shape index (κ3) is 2.62. The molecule has 2 amide bonds. The van der Waals surface area contributed by atoms with Crippen molar-refractivity contribution >= 4 is 35.0 Å². The summed E-state index contributed by atoms with van der Waals surface area (Å²) in [5.41, 5.74) is -0.106. The summed E-state index contributed by atoms with van der Waals surface area (Å²) in [4.78, 5) is 26.2. The maximum Gasteiger partial charge on any atom is 0.249 e. The Bertz CT molecular complexity index is 595. The van der Waals surface area contributed by atoms with Crippen LogP contribution in [0.1, 0.15) is 25.3 Å². The van der Waals surface area contributed by atoms with Crippen LogP contribution in [0.5, 0.6) is 0 Å². The number of nitrogens with one attached hydrogen (secondary N) is 1. The number of hydrogen-bond donors (Lipinski definition) is 1. The van der Waals surface area contributed by atoms with Crippen LogP contribution in [0.2, 0.25) is 10.0 Å². The zero-order valence-corrected chi connectivity index (χ0v) is 13.2. The molecule has 0 spiro atoms. The predicted molar refractivity (Wildman–Crippen MR) is 81.2 cm³/mol. The Balaban J connectivity index is 1.87. The average molecular weight is 327 g/mol. The highest BCUT2D eigenvalue weighted by atomic mass is 35.5. The summed E-state index contributed by atoms with van der Waals surface area (Å²) in [6, 6.07) is 5.22. The van der Waals surface area contributed by atoms with Crippen molar-refractivity contribution in [3.63, 3.8) is 0 Å². The number of halogens is 2. The summed E-state index contributed by atoms with van der Waals surface area (Å²) in [5.74, 6) is 0.0474. The van der Waals surface area contributed by atoms with Crippen molar-refractivity contribution in [3.8, 4) is 0 Å². The molecule has 1 N–H and O–H groups in total. The van der Waals surface area contributed by atoms with Crippen molar-refractivity contribution in [2.45, 2.75) is 31.8 Å². The molecule has 1 aromatic carbocycles. The van der Waals surface area contributed by atoms with E-state index >= 15 is 0 Å². The minimum atomic E-state index is -0.789. The van der Waals surface area contributed by atoms with Gasteiger partial charge in [-0.3, -0.25) is 9.59 Å². The highest BCUT2D eigenvalue weighted by Crippen LogP contribution is 2.42. The van der Waals surface area contributed by atoms with E-state index in [1.165, 1.54) is 0 Å². The van der Waals surface area contributed by atoms with Crippen LogP contribution in [0.4, 0.5) is 0 Å². The Morgan fingerprint density at radius 2 is 1.90 bits per heavy atom. The molecule has 1 aromatic rings. The Labute approximate surface area is 133 Å². The van der Waals surface area contributed by atoms with Gasteiger partial charge in [0.1, 0.15) is 5.54 Å².